The highest BCUT2D eigenvalue weighted by Crippen LogP contribution is 2.33. The van der Waals surface area contributed by atoms with Gasteiger partial charge in [-0.15, -0.1) is 0 Å². The zero-order chi connectivity index (χ0) is 14.5. The summed E-state index contributed by atoms with van der Waals surface area (Å²) in [7, 11) is 1.64. The maximum Gasteiger partial charge on any atom is 0.128 e. The minimum Gasteiger partial charge on any atom is -0.496 e. The third-order valence-corrected chi connectivity index (χ3v) is 3.54. The predicted molar refractivity (Wildman–Crippen MR) is 84.1 cm³/mol. The van der Waals surface area contributed by atoms with E-state index in [-0.39, 0.29) is 6.04 Å². The van der Waals surface area contributed by atoms with Gasteiger partial charge in [0.05, 0.1) is 12.7 Å². The second kappa shape index (κ2) is 6.77. The summed E-state index contributed by atoms with van der Waals surface area (Å²) >= 11 is 3.42. The van der Waals surface area contributed by atoms with Crippen molar-refractivity contribution in [2.75, 3.05) is 7.11 Å². The molecule has 0 saturated heterocycles. The molecule has 3 nitrogen and oxygen atoms in total. The SMILES string of the molecule is COc1cccc(OCc2ccc(Br)cc2)c1C(C)N. The summed E-state index contributed by atoms with van der Waals surface area (Å²) < 4.78 is 12.3. The van der Waals surface area contributed by atoms with Crippen LogP contribution in [0.25, 0.3) is 0 Å². The molecule has 0 spiro atoms. The van der Waals surface area contributed by atoms with E-state index in [1.807, 2.05) is 49.4 Å². The van der Waals surface area contributed by atoms with Gasteiger partial charge in [-0.3, -0.25) is 0 Å². The topological polar surface area (TPSA) is 44.5 Å². The van der Waals surface area contributed by atoms with Crippen LogP contribution in [0.3, 0.4) is 0 Å². The van der Waals surface area contributed by atoms with E-state index < -0.39 is 0 Å². The fourth-order valence-corrected chi connectivity index (χ4v) is 2.28. The predicted octanol–water partition coefficient (Wildman–Crippen LogP) is 4.06. The fourth-order valence-electron chi connectivity index (χ4n) is 2.02. The molecule has 2 aromatic rings. The van der Waals surface area contributed by atoms with Crippen molar-refractivity contribution >= 4 is 15.9 Å². The average molecular weight is 336 g/mol. The highest BCUT2D eigenvalue weighted by molar-refractivity contribution is 9.10. The molecule has 0 aromatic heterocycles. The Kier molecular flexibility index (Phi) is 5.04. The molecule has 1 unspecified atom stereocenters. The third-order valence-electron chi connectivity index (χ3n) is 3.01. The van der Waals surface area contributed by atoms with Crippen molar-refractivity contribution in [3.8, 4) is 11.5 Å². The van der Waals surface area contributed by atoms with Crippen LogP contribution >= 0.6 is 15.9 Å². The Labute approximate surface area is 127 Å². The van der Waals surface area contributed by atoms with E-state index in [9.17, 15) is 0 Å². The molecule has 2 rings (SSSR count). The van der Waals surface area contributed by atoms with E-state index in [4.69, 9.17) is 15.2 Å². The number of ether oxygens (including phenoxy) is 2. The van der Waals surface area contributed by atoms with Crippen molar-refractivity contribution in [2.24, 2.45) is 5.73 Å². The first kappa shape index (κ1) is 14.9. The zero-order valence-corrected chi connectivity index (χ0v) is 13.2. The average Bonchev–Trinajstić information content (AvgIpc) is 2.46. The van der Waals surface area contributed by atoms with Gasteiger partial charge in [0.1, 0.15) is 18.1 Å². The van der Waals surface area contributed by atoms with E-state index in [0.29, 0.717) is 6.61 Å². The van der Waals surface area contributed by atoms with Crippen LogP contribution in [0.1, 0.15) is 24.1 Å². The molecule has 0 fully saturated rings. The van der Waals surface area contributed by atoms with Gasteiger partial charge >= 0.3 is 0 Å². The fraction of sp³-hybridized carbons (Fsp3) is 0.250. The summed E-state index contributed by atoms with van der Waals surface area (Å²) in [6.07, 6.45) is 0. The lowest BCUT2D eigenvalue weighted by Crippen LogP contribution is -2.10. The molecule has 0 saturated carbocycles. The van der Waals surface area contributed by atoms with Gasteiger partial charge in [0, 0.05) is 10.5 Å². The minimum atomic E-state index is -0.147. The van der Waals surface area contributed by atoms with E-state index in [2.05, 4.69) is 15.9 Å². The van der Waals surface area contributed by atoms with E-state index >= 15 is 0 Å². The van der Waals surface area contributed by atoms with Crippen LogP contribution in [0.15, 0.2) is 46.9 Å². The quantitative estimate of drug-likeness (QED) is 0.896. The van der Waals surface area contributed by atoms with Crippen LogP contribution < -0.4 is 15.2 Å². The molecule has 20 heavy (non-hydrogen) atoms. The monoisotopic (exact) mass is 335 g/mol. The Bertz CT molecular complexity index is 567. The Hall–Kier alpha value is -1.52. The van der Waals surface area contributed by atoms with Crippen molar-refractivity contribution in [2.45, 2.75) is 19.6 Å². The van der Waals surface area contributed by atoms with Crippen molar-refractivity contribution in [1.29, 1.82) is 0 Å². The lowest BCUT2D eigenvalue weighted by atomic mass is 10.1. The Morgan fingerprint density at radius 1 is 1.10 bits per heavy atom. The van der Waals surface area contributed by atoms with Gasteiger partial charge in [0.15, 0.2) is 0 Å². The molecule has 0 bridgehead atoms. The first-order chi connectivity index (χ1) is 9.61. The van der Waals surface area contributed by atoms with E-state index in [1.54, 1.807) is 7.11 Å². The number of nitrogens with two attached hydrogens (primary N) is 1. The number of benzene rings is 2. The summed E-state index contributed by atoms with van der Waals surface area (Å²) in [4.78, 5) is 0. The van der Waals surface area contributed by atoms with Gasteiger partial charge in [0.2, 0.25) is 0 Å². The molecular formula is C16H18BrNO2. The second-order valence-corrected chi connectivity index (χ2v) is 5.49. The third kappa shape index (κ3) is 3.52. The smallest absolute Gasteiger partial charge is 0.128 e. The van der Waals surface area contributed by atoms with E-state index in [1.165, 1.54) is 0 Å². The Morgan fingerprint density at radius 3 is 2.35 bits per heavy atom. The Morgan fingerprint density at radius 2 is 1.75 bits per heavy atom. The van der Waals surface area contributed by atoms with Gasteiger partial charge in [-0.05, 0) is 36.8 Å². The molecular weight excluding hydrogens is 318 g/mol. The maximum atomic E-state index is 6.01. The molecule has 0 heterocycles. The van der Waals surface area contributed by atoms with Gasteiger partial charge < -0.3 is 15.2 Å². The summed E-state index contributed by atoms with van der Waals surface area (Å²) in [6.45, 7) is 2.42. The van der Waals surface area contributed by atoms with Crippen LogP contribution in [0.5, 0.6) is 11.5 Å². The van der Waals surface area contributed by atoms with Gasteiger partial charge in [0.25, 0.3) is 0 Å². The number of halogens is 1. The first-order valence-corrected chi connectivity index (χ1v) is 7.21. The maximum absolute atomic E-state index is 6.01. The van der Waals surface area contributed by atoms with Crippen LogP contribution in [-0.4, -0.2) is 7.11 Å². The highest BCUT2D eigenvalue weighted by atomic mass is 79.9. The van der Waals surface area contributed by atoms with Crippen molar-refractivity contribution in [3.05, 3.63) is 58.1 Å². The molecule has 0 radical (unpaired) electrons. The molecule has 2 N–H and O–H groups in total. The first-order valence-electron chi connectivity index (χ1n) is 6.41. The van der Waals surface area contributed by atoms with Crippen LogP contribution in [0.4, 0.5) is 0 Å². The van der Waals surface area contributed by atoms with Crippen LogP contribution in [0, 0.1) is 0 Å². The van der Waals surface area contributed by atoms with Gasteiger partial charge in [-0.2, -0.15) is 0 Å². The lowest BCUT2D eigenvalue weighted by molar-refractivity contribution is 0.297. The van der Waals surface area contributed by atoms with Crippen molar-refractivity contribution in [3.63, 3.8) is 0 Å². The van der Waals surface area contributed by atoms with E-state index in [0.717, 1.165) is 27.1 Å². The van der Waals surface area contributed by atoms with Crippen LogP contribution in [0.2, 0.25) is 0 Å². The molecule has 106 valence electrons. The van der Waals surface area contributed by atoms with Gasteiger partial charge in [-0.25, -0.2) is 0 Å². The van der Waals surface area contributed by atoms with Gasteiger partial charge in [-0.1, -0.05) is 34.1 Å². The highest BCUT2D eigenvalue weighted by Gasteiger charge is 2.14. The molecule has 0 aliphatic rings. The number of methoxy groups -OCH3 is 1. The number of hydrogen-bond donors (Lipinski definition) is 1. The standard InChI is InChI=1S/C16H18BrNO2/c1-11(18)16-14(19-2)4-3-5-15(16)20-10-12-6-8-13(17)9-7-12/h3-9,11H,10,18H2,1-2H3. The summed E-state index contributed by atoms with van der Waals surface area (Å²) in [5.74, 6) is 1.52. The number of hydrogen-bond acceptors (Lipinski definition) is 3. The molecule has 0 aliphatic carbocycles. The minimum absolute atomic E-state index is 0.147. The van der Waals surface area contributed by atoms with Crippen molar-refractivity contribution < 1.29 is 9.47 Å². The lowest BCUT2D eigenvalue weighted by Gasteiger charge is -2.17. The van der Waals surface area contributed by atoms with Crippen molar-refractivity contribution in [1.82, 2.24) is 0 Å². The molecule has 2 aromatic carbocycles. The molecule has 4 heteroatoms. The summed E-state index contributed by atoms with van der Waals surface area (Å²) in [5, 5.41) is 0. The molecule has 0 amide bonds. The molecule has 1 atom stereocenters. The van der Waals surface area contributed by atoms with Crippen LogP contribution in [-0.2, 0) is 6.61 Å². The number of rotatable bonds is 5. The second-order valence-electron chi connectivity index (χ2n) is 4.58. The zero-order valence-electron chi connectivity index (χ0n) is 11.6. The summed E-state index contributed by atoms with van der Waals surface area (Å²) in [6, 6.07) is 13.6. The largest absolute Gasteiger partial charge is 0.496 e. The normalized spacial score (nSPS) is 12.0. The Balaban J connectivity index is 2.18. The summed E-state index contributed by atoms with van der Waals surface area (Å²) in [5.41, 5.74) is 8.01. The molecule has 0 aliphatic heterocycles.